The molecule has 1 aromatic heterocycles. The number of ether oxygens (including phenoxy) is 1. The van der Waals surface area contributed by atoms with E-state index in [2.05, 4.69) is 15.5 Å². The van der Waals surface area contributed by atoms with Gasteiger partial charge in [-0.15, -0.1) is 0 Å². The molecule has 4 rings (SSSR count). The molecule has 31 heavy (non-hydrogen) atoms. The van der Waals surface area contributed by atoms with Crippen molar-refractivity contribution >= 4 is 11.8 Å². The van der Waals surface area contributed by atoms with Crippen LogP contribution in [0.25, 0.3) is 0 Å². The smallest absolute Gasteiger partial charge is 0.251 e. The van der Waals surface area contributed by atoms with Crippen molar-refractivity contribution in [3.8, 4) is 5.75 Å². The van der Waals surface area contributed by atoms with Gasteiger partial charge in [0, 0.05) is 36.2 Å². The van der Waals surface area contributed by atoms with Crippen LogP contribution < -0.4 is 10.1 Å². The molecule has 1 aliphatic carbocycles. The number of likely N-dealkylation sites (tertiary alicyclic amines) is 1. The van der Waals surface area contributed by atoms with Crippen molar-refractivity contribution in [2.75, 3.05) is 20.2 Å². The van der Waals surface area contributed by atoms with Crippen molar-refractivity contribution in [2.24, 2.45) is 11.8 Å². The molecule has 0 bridgehead atoms. The number of methoxy groups -OCH3 is 1. The highest BCUT2D eigenvalue weighted by Crippen LogP contribution is 2.50. The molecular weight excluding hydrogens is 396 g/mol. The average Bonchev–Trinajstić information content (AvgIpc) is 3.40. The zero-order chi connectivity index (χ0) is 22.3. The van der Waals surface area contributed by atoms with Crippen molar-refractivity contribution < 1.29 is 18.8 Å². The Labute approximate surface area is 182 Å². The Kier molecular flexibility index (Phi) is 5.49. The second-order valence-electron chi connectivity index (χ2n) is 9.12. The van der Waals surface area contributed by atoms with Crippen LogP contribution in [0.1, 0.15) is 54.3 Å². The van der Waals surface area contributed by atoms with Crippen LogP contribution >= 0.6 is 0 Å². The molecule has 1 N–H and O–H groups in total. The fourth-order valence-corrected chi connectivity index (χ4v) is 5.19. The van der Waals surface area contributed by atoms with Gasteiger partial charge in [-0.3, -0.25) is 9.59 Å². The molecule has 2 amide bonds. The Bertz CT molecular complexity index is 1000. The second-order valence-corrected chi connectivity index (χ2v) is 9.12. The van der Waals surface area contributed by atoms with Gasteiger partial charge in [0.2, 0.25) is 11.8 Å². The number of fused-ring (bicyclic) bond motifs is 1. The van der Waals surface area contributed by atoms with E-state index in [1.54, 1.807) is 14.0 Å². The number of hydrogen-bond acceptors (Lipinski definition) is 6. The molecule has 2 fully saturated rings. The topological polar surface area (TPSA) is 97.6 Å². The summed E-state index contributed by atoms with van der Waals surface area (Å²) in [6.45, 7) is 8.70. The van der Waals surface area contributed by atoms with Crippen molar-refractivity contribution in [3.63, 3.8) is 0 Å². The molecule has 0 unspecified atom stereocenters. The predicted octanol–water partition coefficient (Wildman–Crippen LogP) is 2.64. The van der Waals surface area contributed by atoms with Gasteiger partial charge in [-0.25, -0.2) is 0 Å². The average molecular weight is 427 g/mol. The lowest BCUT2D eigenvalue weighted by molar-refractivity contribution is -0.133. The molecule has 2 aliphatic rings. The lowest BCUT2D eigenvalue weighted by atomic mass is 9.80. The zero-order valence-corrected chi connectivity index (χ0v) is 18.8. The van der Waals surface area contributed by atoms with Crippen LogP contribution in [-0.4, -0.2) is 53.1 Å². The largest absolute Gasteiger partial charge is 0.496 e. The Morgan fingerprint density at radius 1 is 1.32 bits per heavy atom. The van der Waals surface area contributed by atoms with Gasteiger partial charge in [-0.05, 0) is 44.7 Å². The van der Waals surface area contributed by atoms with Gasteiger partial charge >= 0.3 is 0 Å². The standard InChI is InChI=1S/C23H30N4O4/c1-13(2)21(29)27-11-16-9-17(10-23(16,12-27)22-24-15(4)26-31-22)25-20(28)18-7-6-8-19(30-5)14(18)3/h6-8,13,16-17H,9-12H2,1-5H3,(H,25,28)/t16-,17+,23-/m0/s1. The normalized spacial score (nSPS) is 25.0. The number of nitrogens with one attached hydrogen (secondary N) is 1. The molecule has 8 nitrogen and oxygen atoms in total. The van der Waals surface area contributed by atoms with E-state index < -0.39 is 5.41 Å². The predicted molar refractivity (Wildman–Crippen MR) is 114 cm³/mol. The number of hydrogen-bond donors (Lipinski definition) is 1. The van der Waals surface area contributed by atoms with Gasteiger partial charge in [0.25, 0.3) is 5.91 Å². The van der Waals surface area contributed by atoms with Gasteiger partial charge < -0.3 is 19.5 Å². The first-order chi connectivity index (χ1) is 14.7. The minimum atomic E-state index is -0.423. The van der Waals surface area contributed by atoms with Gasteiger partial charge in [0.1, 0.15) is 5.75 Å². The number of carbonyl (C=O) groups excluding carboxylic acids is 2. The third-order valence-corrected chi connectivity index (χ3v) is 6.72. The molecule has 1 saturated carbocycles. The monoisotopic (exact) mass is 426 g/mol. The minimum Gasteiger partial charge on any atom is -0.496 e. The second kappa shape index (κ2) is 7.98. The summed E-state index contributed by atoms with van der Waals surface area (Å²) in [5.74, 6) is 1.96. The summed E-state index contributed by atoms with van der Waals surface area (Å²) in [6.07, 6.45) is 1.42. The fraction of sp³-hybridized carbons (Fsp3) is 0.565. The maximum atomic E-state index is 13.0. The SMILES string of the molecule is COc1cccc(C(=O)N[C@@H]2C[C@H]3CN(C(=O)C(C)C)C[C@@]3(c3nc(C)no3)C2)c1C. The third kappa shape index (κ3) is 3.68. The van der Waals surface area contributed by atoms with E-state index in [1.165, 1.54) is 0 Å². The molecule has 0 spiro atoms. The summed E-state index contributed by atoms with van der Waals surface area (Å²) in [5, 5.41) is 7.19. The summed E-state index contributed by atoms with van der Waals surface area (Å²) in [4.78, 5) is 32.2. The molecule has 8 heteroatoms. The third-order valence-electron chi connectivity index (χ3n) is 6.72. The van der Waals surface area contributed by atoms with E-state index in [0.717, 1.165) is 12.0 Å². The molecule has 1 aromatic carbocycles. The van der Waals surface area contributed by atoms with E-state index in [-0.39, 0.29) is 29.7 Å². The Morgan fingerprint density at radius 2 is 2.10 bits per heavy atom. The molecule has 3 atom stereocenters. The van der Waals surface area contributed by atoms with Crippen molar-refractivity contribution in [2.45, 2.75) is 52.0 Å². The van der Waals surface area contributed by atoms with E-state index in [1.807, 2.05) is 43.9 Å². The van der Waals surface area contributed by atoms with Gasteiger partial charge in [0.05, 0.1) is 12.5 Å². The van der Waals surface area contributed by atoms with Crippen LogP contribution in [-0.2, 0) is 10.2 Å². The fourth-order valence-electron chi connectivity index (χ4n) is 5.19. The Morgan fingerprint density at radius 3 is 2.74 bits per heavy atom. The van der Waals surface area contributed by atoms with Crippen LogP contribution in [0.2, 0.25) is 0 Å². The number of aromatic nitrogens is 2. The number of rotatable bonds is 5. The zero-order valence-electron chi connectivity index (χ0n) is 18.8. The molecule has 1 aliphatic heterocycles. The van der Waals surface area contributed by atoms with Crippen LogP contribution in [0.3, 0.4) is 0 Å². The Hall–Kier alpha value is -2.90. The summed E-state index contributed by atoms with van der Waals surface area (Å²) >= 11 is 0. The van der Waals surface area contributed by atoms with Crippen molar-refractivity contribution in [1.29, 1.82) is 0 Å². The summed E-state index contributed by atoms with van der Waals surface area (Å²) < 4.78 is 11.0. The van der Waals surface area contributed by atoms with Crippen molar-refractivity contribution in [3.05, 3.63) is 41.0 Å². The summed E-state index contributed by atoms with van der Waals surface area (Å²) in [7, 11) is 1.60. The highest BCUT2D eigenvalue weighted by atomic mass is 16.5. The number of carbonyl (C=O) groups is 2. The van der Waals surface area contributed by atoms with E-state index in [0.29, 0.717) is 42.5 Å². The molecule has 2 aromatic rings. The Balaban J connectivity index is 1.56. The molecule has 0 radical (unpaired) electrons. The minimum absolute atomic E-state index is 0.0355. The first-order valence-electron chi connectivity index (χ1n) is 10.8. The van der Waals surface area contributed by atoms with Crippen LogP contribution in [0.5, 0.6) is 5.75 Å². The van der Waals surface area contributed by atoms with Crippen LogP contribution in [0, 0.1) is 25.7 Å². The van der Waals surface area contributed by atoms with Crippen LogP contribution in [0.4, 0.5) is 0 Å². The maximum absolute atomic E-state index is 13.0. The quantitative estimate of drug-likeness (QED) is 0.789. The summed E-state index contributed by atoms with van der Waals surface area (Å²) in [5.41, 5.74) is 1.00. The highest BCUT2D eigenvalue weighted by Gasteiger charge is 2.58. The molecule has 166 valence electrons. The van der Waals surface area contributed by atoms with Crippen molar-refractivity contribution in [1.82, 2.24) is 20.4 Å². The lowest BCUT2D eigenvalue weighted by Gasteiger charge is -2.26. The number of aryl methyl sites for hydroxylation is 1. The molecule has 1 saturated heterocycles. The highest BCUT2D eigenvalue weighted by molar-refractivity contribution is 5.96. The van der Waals surface area contributed by atoms with Crippen LogP contribution in [0.15, 0.2) is 22.7 Å². The maximum Gasteiger partial charge on any atom is 0.251 e. The van der Waals surface area contributed by atoms with Gasteiger partial charge in [-0.2, -0.15) is 4.98 Å². The van der Waals surface area contributed by atoms with E-state index in [4.69, 9.17) is 9.26 Å². The number of benzene rings is 1. The molecular formula is C23H30N4O4. The number of amides is 2. The van der Waals surface area contributed by atoms with Gasteiger partial charge in [0.15, 0.2) is 5.82 Å². The molecule has 2 heterocycles. The number of nitrogens with zero attached hydrogens (tertiary/aromatic N) is 3. The first-order valence-corrected chi connectivity index (χ1v) is 10.8. The summed E-state index contributed by atoms with van der Waals surface area (Å²) in [6, 6.07) is 5.44. The van der Waals surface area contributed by atoms with E-state index in [9.17, 15) is 9.59 Å². The lowest BCUT2D eigenvalue weighted by Crippen LogP contribution is -2.40. The van der Waals surface area contributed by atoms with E-state index >= 15 is 0 Å². The van der Waals surface area contributed by atoms with Gasteiger partial charge in [-0.1, -0.05) is 25.1 Å². The first kappa shape index (κ1) is 21.3.